The van der Waals surface area contributed by atoms with Crippen molar-refractivity contribution in [2.45, 2.75) is 38.8 Å². The van der Waals surface area contributed by atoms with Crippen molar-refractivity contribution in [3.05, 3.63) is 35.9 Å². The van der Waals surface area contributed by atoms with Gasteiger partial charge in [0.15, 0.2) is 0 Å². The molecule has 1 aliphatic heterocycles. The zero-order chi connectivity index (χ0) is 14.5. The fraction of sp³-hybridized carbons (Fsp3) is 0.500. The van der Waals surface area contributed by atoms with Gasteiger partial charge in [-0.2, -0.15) is 0 Å². The van der Waals surface area contributed by atoms with E-state index in [1.54, 1.807) is 11.9 Å². The van der Waals surface area contributed by atoms with Crippen molar-refractivity contribution in [2.24, 2.45) is 0 Å². The fourth-order valence-corrected chi connectivity index (χ4v) is 2.62. The third-order valence-corrected chi connectivity index (χ3v) is 3.86. The molecule has 2 rings (SSSR count). The minimum Gasteiger partial charge on any atom is -0.333 e. The van der Waals surface area contributed by atoms with E-state index >= 15 is 0 Å². The van der Waals surface area contributed by atoms with Crippen LogP contribution in [0.1, 0.15) is 31.7 Å². The number of likely N-dealkylation sites (N-methyl/N-ethyl adjacent to an activating group) is 1. The highest BCUT2D eigenvalue weighted by Crippen LogP contribution is 2.17. The lowest BCUT2D eigenvalue weighted by Crippen LogP contribution is -2.49. The summed E-state index contributed by atoms with van der Waals surface area (Å²) in [7, 11) is 1.68. The molecule has 1 aromatic carbocycles. The number of benzene rings is 1. The zero-order valence-electron chi connectivity index (χ0n) is 12.2. The quantitative estimate of drug-likeness (QED) is 0.774. The van der Waals surface area contributed by atoms with Crippen LogP contribution in [0.4, 0.5) is 0 Å². The molecule has 2 amide bonds. The molecule has 0 radical (unpaired) electrons. The standard InChI is InChI=1S/C16H22N2O2/c1-13-8-6-7-11-18(13)16(20)15(19)17(2)12-14-9-4-3-5-10-14/h3-5,9-10,13H,6-8,11-12H2,1-2H3. The number of carbonyl (C=O) groups is 2. The summed E-state index contributed by atoms with van der Waals surface area (Å²) in [6.45, 7) is 3.18. The van der Waals surface area contributed by atoms with E-state index in [0.717, 1.165) is 24.8 Å². The summed E-state index contributed by atoms with van der Waals surface area (Å²) in [5.74, 6) is -0.779. The van der Waals surface area contributed by atoms with E-state index in [4.69, 9.17) is 0 Å². The van der Waals surface area contributed by atoms with Crippen LogP contribution in [0.25, 0.3) is 0 Å². The normalized spacial score (nSPS) is 18.7. The summed E-state index contributed by atoms with van der Waals surface area (Å²) < 4.78 is 0. The molecule has 0 aromatic heterocycles. The Kier molecular flexibility index (Phi) is 4.77. The van der Waals surface area contributed by atoms with Gasteiger partial charge in [0.1, 0.15) is 0 Å². The van der Waals surface area contributed by atoms with E-state index in [0.29, 0.717) is 13.1 Å². The average Bonchev–Trinajstić information content (AvgIpc) is 2.47. The first-order valence-corrected chi connectivity index (χ1v) is 7.19. The second-order valence-corrected chi connectivity index (χ2v) is 5.49. The maximum Gasteiger partial charge on any atom is 0.312 e. The van der Waals surface area contributed by atoms with E-state index in [1.807, 2.05) is 37.3 Å². The molecule has 4 nitrogen and oxygen atoms in total. The Labute approximate surface area is 120 Å². The summed E-state index contributed by atoms with van der Waals surface area (Å²) in [5, 5.41) is 0. The van der Waals surface area contributed by atoms with Crippen LogP contribution >= 0.6 is 0 Å². The number of likely N-dealkylation sites (tertiary alicyclic amines) is 1. The van der Waals surface area contributed by atoms with Gasteiger partial charge in [0.2, 0.25) is 0 Å². The number of hydrogen-bond acceptors (Lipinski definition) is 2. The molecule has 108 valence electrons. The van der Waals surface area contributed by atoms with Crippen LogP contribution < -0.4 is 0 Å². The molecule has 0 N–H and O–H groups in total. The molecule has 20 heavy (non-hydrogen) atoms. The van der Waals surface area contributed by atoms with Gasteiger partial charge in [0.25, 0.3) is 0 Å². The Hall–Kier alpha value is -1.84. The molecular formula is C16H22N2O2. The van der Waals surface area contributed by atoms with Crippen LogP contribution in [0.15, 0.2) is 30.3 Å². The summed E-state index contributed by atoms with van der Waals surface area (Å²) in [4.78, 5) is 27.7. The van der Waals surface area contributed by atoms with Crippen molar-refractivity contribution in [3.8, 4) is 0 Å². The molecule has 1 unspecified atom stereocenters. The molecule has 1 atom stereocenters. The third-order valence-electron chi connectivity index (χ3n) is 3.86. The van der Waals surface area contributed by atoms with Gasteiger partial charge >= 0.3 is 11.8 Å². The second kappa shape index (κ2) is 6.55. The minimum atomic E-state index is -0.414. The Bertz CT molecular complexity index is 473. The van der Waals surface area contributed by atoms with Crippen molar-refractivity contribution < 1.29 is 9.59 Å². The maximum absolute atomic E-state index is 12.3. The van der Waals surface area contributed by atoms with Gasteiger partial charge in [-0.3, -0.25) is 9.59 Å². The van der Waals surface area contributed by atoms with Gasteiger partial charge in [0.05, 0.1) is 0 Å². The monoisotopic (exact) mass is 274 g/mol. The molecule has 0 saturated carbocycles. The zero-order valence-corrected chi connectivity index (χ0v) is 12.2. The number of nitrogens with zero attached hydrogens (tertiary/aromatic N) is 2. The molecular weight excluding hydrogens is 252 g/mol. The molecule has 0 aliphatic carbocycles. The van der Waals surface area contributed by atoms with Crippen molar-refractivity contribution in [1.29, 1.82) is 0 Å². The van der Waals surface area contributed by atoms with E-state index in [9.17, 15) is 9.59 Å². The Balaban J connectivity index is 1.97. The van der Waals surface area contributed by atoms with Crippen LogP contribution in [0, 0.1) is 0 Å². The van der Waals surface area contributed by atoms with Crippen LogP contribution in [0.2, 0.25) is 0 Å². The largest absolute Gasteiger partial charge is 0.333 e. The van der Waals surface area contributed by atoms with Gasteiger partial charge in [0, 0.05) is 26.2 Å². The van der Waals surface area contributed by atoms with Crippen LogP contribution in [-0.2, 0) is 16.1 Å². The summed E-state index contributed by atoms with van der Waals surface area (Å²) in [6.07, 6.45) is 3.12. The van der Waals surface area contributed by atoms with E-state index in [2.05, 4.69) is 0 Å². The van der Waals surface area contributed by atoms with Gasteiger partial charge < -0.3 is 9.80 Å². The second-order valence-electron chi connectivity index (χ2n) is 5.49. The van der Waals surface area contributed by atoms with E-state index in [1.165, 1.54) is 4.90 Å². The predicted molar refractivity (Wildman–Crippen MR) is 77.9 cm³/mol. The predicted octanol–water partition coefficient (Wildman–Crippen LogP) is 2.05. The first kappa shape index (κ1) is 14.6. The molecule has 1 heterocycles. The minimum absolute atomic E-state index is 0.172. The highest BCUT2D eigenvalue weighted by Gasteiger charge is 2.29. The molecule has 0 bridgehead atoms. The molecule has 1 fully saturated rings. The lowest BCUT2D eigenvalue weighted by atomic mass is 10.0. The fourth-order valence-electron chi connectivity index (χ4n) is 2.62. The number of piperidine rings is 1. The number of amides is 2. The topological polar surface area (TPSA) is 40.6 Å². The van der Waals surface area contributed by atoms with Crippen molar-refractivity contribution in [3.63, 3.8) is 0 Å². The Morgan fingerprint density at radius 3 is 2.60 bits per heavy atom. The lowest BCUT2D eigenvalue weighted by molar-refractivity contribution is -0.153. The summed E-state index contributed by atoms with van der Waals surface area (Å²) in [5.41, 5.74) is 1.03. The molecule has 0 spiro atoms. The van der Waals surface area contributed by atoms with Gasteiger partial charge in [-0.25, -0.2) is 0 Å². The SMILES string of the molecule is CC1CCCCN1C(=O)C(=O)N(C)Cc1ccccc1. The number of rotatable bonds is 2. The molecule has 1 aromatic rings. The summed E-state index contributed by atoms with van der Waals surface area (Å²) >= 11 is 0. The molecule has 1 aliphatic rings. The summed E-state index contributed by atoms with van der Waals surface area (Å²) in [6, 6.07) is 9.89. The maximum atomic E-state index is 12.3. The highest BCUT2D eigenvalue weighted by atomic mass is 16.2. The van der Waals surface area contributed by atoms with Gasteiger partial charge in [-0.15, -0.1) is 0 Å². The van der Waals surface area contributed by atoms with E-state index < -0.39 is 5.91 Å². The van der Waals surface area contributed by atoms with Crippen molar-refractivity contribution in [1.82, 2.24) is 9.80 Å². The van der Waals surface area contributed by atoms with Gasteiger partial charge in [-0.05, 0) is 31.7 Å². The Morgan fingerprint density at radius 2 is 1.95 bits per heavy atom. The third kappa shape index (κ3) is 3.38. The highest BCUT2D eigenvalue weighted by molar-refractivity contribution is 6.34. The lowest BCUT2D eigenvalue weighted by Gasteiger charge is -2.33. The number of carbonyl (C=O) groups excluding carboxylic acids is 2. The Morgan fingerprint density at radius 1 is 1.25 bits per heavy atom. The van der Waals surface area contributed by atoms with Crippen LogP contribution in [0.3, 0.4) is 0 Å². The van der Waals surface area contributed by atoms with Crippen molar-refractivity contribution >= 4 is 11.8 Å². The molecule has 4 heteroatoms. The smallest absolute Gasteiger partial charge is 0.312 e. The first-order chi connectivity index (χ1) is 9.59. The van der Waals surface area contributed by atoms with Crippen LogP contribution in [-0.4, -0.2) is 41.2 Å². The van der Waals surface area contributed by atoms with Crippen LogP contribution in [0.5, 0.6) is 0 Å². The number of hydrogen-bond donors (Lipinski definition) is 0. The van der Waals surface area contributed by atoms with Crippen molar-refractivity contribution in [2.75, 3.05) is 13.6 Å². The van der Waals surface area contributed by atoms with E-state index in [-0.39, 0.29) is 11.9 Å². The first-order valence-electron chi connectivity index (χ1n) is 7.19. The molecule has 1 saturated heterocycles. The van der Waals surface area contributed by atoms with Gasteiger partial charge in [-0.1, -0.05) is 30.3 Å². The average molecular weight is 274 g/mol.